The number of amides is 1. The lowest BCUT2D eigenvalue weighted by atomic mass is 9.81. The second-order valence-electron chi connectivity index (χ2n) is 6.09. The Morgan fingerprint density at radius 1 is 1.40 bits per heavy atom. The first-order chi connectivity index (χ1) is 9.44. The summed E-state index contributed by atoms with van der Waals surface area (Å²) in [6.07, 6.45) is 1.90. The lowest BCUT2D eigenvalue weighted by Gasteiger charge is -2.37. The van der Waals surface area contributed by atoms with Gasteiger partial charge >= 0.3 is 0 Å². The average Bonchev–Trinajstić information content (AvgIpc) is 2.75. The normalized spacial score (nSPS) is 25.7. The Kier molecular flexibility index (Phi) is 3.41. The van der Waals surface area contributed by atoms with Crippen LogP contribution in [0.15, 0.2) is 4.60 Å². The molecule has 0 bridgehead atoms. The maximum absolute atomic E-state index is 12.3. The number of hydrogen-bond donors (Lipinski definition) is 0. The zero-order valence-electron chi connectivity index (χ0n) is 12.1. The van der Waals surface area contributed by atoms with Gasteiger partial charge in [-0.3, -0.25) is 4.79 Å². The van der Waals surface area contributed by atoms with Crippen molar-refractivity contribution >= 4 is 21.8 Å². The van der Waals surface area contributed by atoms with E-state index in [1.807, 2.05) is 14.0 Å². The Labute approximate surface area is 127 Å². The molecule has 0 radical (unpaired) electrons. The molecule has 1 aromatic heterocycles. The number of carbonyl (C=O) groups is 1. The monoisotopic (exact) mass is 341 g/mol. The maximum Gasteiger partial charge on any atom is 0.245 e. The van der Waals surface area contributed by atoms with Crippen LogP contribution in [0.3, 0.4) is 0 Å². The zero-order chi connectivity index (χ0) is 14.5. The van der Waals surface area contributed by atoms with E-state index >= 15 is 0 Å². The minimum Gasteiger partial charge on any atom is -0.381 e. The molecule has 1 fully saturated rings. The van der Waals surface area contributed by atoms with Gasteiger partial charge in [0.2, 0.25) is 5.91 Å². The predicted molar refractivity (Wildman–Crippen MR) is 78.5 cm³/mol. The molecule has 6 heteroatoms. The molecule has 20 heavy (non-hydrogen) atoms. The average molecular weight is 342 g/mol. The van der Waals surface area contributed by atoms with E-state index in [-0.39, 0.29) is 17.4 Å². The molecule has 3 heterocycles. The van der Waals surface area contributed by atoms with Gasteiger partial charge in [-0.15, -0.1) is 0 Å². The minimum atomic E-state index is -0.183. The van der Waals surface area contributed by atoms with Crippen molar-refractivity contribution in [2.24, 2.45) is 0 Å². The maximum atomic E-state index is 12.3. The highest BCUT2D eigenvalue weighted by atomic mass is 79.9. The van der Waals surface area contributed by atoms with Crippen molar-refractivity contribution in [1.29, 1.82) is 0 Å². The van der Waals surface area contributed by atoms with Crippen molar-refractivity contribution in [3.05, 3.63) is 16.1 Å². The van der Waals surface area contributed by atoms with Gasteiger partial charge in [-0.25, -0.2) is 4.98 Å². The lowest BCUT2D eigenvalue weighted by molar-refractivity contribution is -0.135. The molecule has 0 aliphatic carbocycles. The molecule has 110 valence electrons. The van der Waals surface area contributed by atoms with E-state index < -0.39 is 0 Å². The molecule has 0 spiro atoms. The third-order valence-electron chi connectivity index (χ3n) is 4.61. The van der Waals surface area contributed by atoms with Crippen LogP contribution in [0.4, 0.5) is 0 Å². The summed E-state index contributed by atoms with van der Waals surface area (Å²) < 4.78 is 8.48. The number of likely N-dealkylation sites (N-methyl/N-ethyl adjacent to an activating group) is 1. The number of carbonyl (C=O) groups excluding carboxylic acids is 1. The molecule has 0 aromatic carbocycles. The van der Waals surface area contributed by atoms with Crippen molar-refractivity contribution in [1.82, 2.24) is 14.5 Å². The quantitative estimate of drug-likeness (QED) is 0.787. The van der Waals surface area contributed by atoms with Crippen molar-refractivity contribution in [3.8, 4) is 0 Å². The first-order valence-corrected chi connectivity index (χ1v) is 7.83. The smallest absolute Gasteiger partial charge is 0.245 e. The van der Waals surface area contributed by atoms with Crippen molar-refractivity contribution in [2.45, 2.75) is 44.7 Å². The van der Waals surface area contributed by atoms with Gasteiger partial charge in [0.15, 0.2) is 0 Å². The fourth-order valence-electron chi connectivity index (χ4n) is 3.20. The van der Waals surface area contributed by atoms with Crippen LogP contribution in [0.1, 0.15) is 44.2 Å². The standard InChI is InChI=1S/C14H20BrN3O2/c1-9-12(19)17(3)8-10-11(15)16-13(18(9)10)14(2)4-6-20-7-5-14/h9H,4-8H2,1-3H3. The van der Waals surface area contributed by atoms with E-state index in [2.05, 4.69) is 27.4 Å². The van der Waals surface area contributed by atoms with Gasteiger partial charge in [0.05, 0.1) is 12.2 Å². The summed E-state index contributed by atoms with van der Waals surface area (Å²) in [5.74, 6) is 1.18. The Bertz CT molecular complexity index is 549. The SMILES string of the molecule is CC1C(=O)N(C)Cc2c(Br)nc(C3(C)CCOCC3)n21. The predicted octanol–water partition coefficient (Wildman–Crippen LogP) is 2.25. The van der Waals surface area contributed by atoms with Gasteiger partial charge in [0, 0.05) is 25.7 Å². The zero-order valence-corrected chi connectivity index (χ0v) is 13.7. The fraction of sp³-hybridized carbons (Fsp3) is 0.714. The Balaban J connectivity index is 2.10. The van der Waals surface area contributed by atoms with Gasteiger partial charge in [-0.05, 0) is 35.7 Å². The highest BCUT2D eigenvalue weighted by Crippen LogP contribution is 2.39. The Morgan fingerprint density at radius 2 is 2.05 bits per heavy atom. The number of fused-ring (bicyclic) bond motifs is 1. The van der Waals surface area contributed by atoms with E-state index in [0.29, 0.717) is 6.54 Å². The number of ether oxygens (including phenoxy) is 1. The molecular weight excluding hydrogens is 322 g/mol. The van der Waals surface area contributed by atoms with E-state index in [1.165, 1.54) is 0 Å². The summed E-state index contributed by atoms with van der Waals surface area (Å²) in [7, 11) is 1.84. The lowest BCUT2D eigenvalue weighted by Crippen LogP contribution is -2.42. The van der Waals surface area contributed by atoms with Crippen LogP contribution in [-0.2, 0) is 21.5 Å². The molecule has 0 saturated carbocycles. The number of nitrogens with zero attached hydrogens (tertiary/aromatic N) is 3. The third-order valence-corrected chi connectivity index (χ3v) is 5.24. The third kappa shape index (κ3) is 2.00. The van der Waals surface area contributed by atoms with Crippen molar-refractivity contribution < 1.29 is 9.53 Å². The number of halogens is 1. The molecule has 1 saturated heterocycles. The van der Waals surface area contributed by atoms with Crippen LogP contribution in [-0.4, -0.2) is 40.6 Å². The van der Waals surface area contributed by atoms with E-state index in [9.17, 15) is 4.79 Å². The van der Waals surface area contributed by atoms with Gasteiger partial charge in [-0.2, -0.15) is 0 Å². The van der Waals surface area contributed by atoms with Crippen LogP contribution in [0, 0.1) is 0 Å². The Morgan fingerprint density at radius 3 is 2.70 bits per heavy atom. The van der Waals surface area contributed by atoms with Crippen molar-refractivity contribution in [3.63, 3.8) is 0 Å². The second kappa shape index (κ2) is 4.84. The number of imidazole rings is 1. The first kappa shape index (κ1) is 14.1. The van der Waals surface area contributed by atoms with Crippen LogP contribution < -0.4 is 0 Å². The van der Waals surface area contributed by atoms with Gasteiger partial charge < -0.3 is 14.2 Å². The van der Waals surface area contributed by atoms with Gasteiger partial charge in [0.1, 0.15) is 16.5 Å². The highest BCUT2D eigenvalue weighted by Gasteiger charge is 2.40. The van der Waals surface area contributed by atoms with Gasteiger partial charge in [-0.1, -0.05) is 6.92 Å². The Hall–Kier alpha value is -0.880. The fourth-order valence-corrected chi connectivity index (χ4v) is 3.68. The molecule has 2 aliphatic rings. The highest BCUT2D eigenvalue weighted by molar-refractivity contribution is 9.10. The van der Waals surface area contributed by atoms with Crippen LogP contribution in [0.5, 0.6) is 0 Å². The van der Waals surface area contributed by atoms with Crippen LogP contribution in [0.25, 0.3) is 0 Å². The van der Waals surface area contributed by atoms with Crippen LogP contribution in [0.2, 0.25) is 0 Å². The summed E-state index contributed by atoms with van der Waals surface area (Å²) in [6, 6.07) is -0.183. The summed E-state index contributed by atoms with van der Waals surface area (Å²) in [5, 5.41) is 0. The van der Waals surface area contributed by atoms with E-state index in [0.717, 1.165) is 42.2 Å². The molecule has 3 rings (SSSR count). The summed E-state index contributed by atoms with van der Waals surface area (Å²) in [5.41, 5.74) is 1.09. The summed E-state index contributed by atoms with van der Waals surface area (Å²) >= 11 is 3.57. The first-order valence-electron chi connectivity index (χ1n) is 7.04. The summed E-state index contributed by atoms with van der Waals surface area (Å²) in [4.78, 5) is 18.8. The van der Waals surface area contributed by atoms with Crippen molar-refractivity contribution in [2.75, 3.05) is 20.3 Å². The second-order valence-corrected chi connectivity index (χ2v) is 6.84. The van der Waals surface area contributed by atoms with E-state index in [1.54, 1.807) is 4.90 Å². The number of aromatic nitrogens is 2. The van der Waals surface area contributed by atoms with E-state index in [4.69, 9.17) is 9.72 Å². The molecule has 1 amide bonds. The van der Waals surface area contributed by atoms with Gasteiger partial charge in [0.25, 0.3) is 0 Å². The molecule has 5 nitrogen and oxygen atoms in total. The molecule has 0 N–H and O–H groups in total. The number of rotatable bonds is 1. The molecule has 1 unspecified atom stereocenters. The summed E-state index contributed by atoms with van der Waals surface area (Å²) in [6.45, 7) is 6.33. The minimum absolute atomic E-state index is 0.0104. The van der Waals surface area contributed by atoms with Crippen LogP contribution >= 0.6 is 15.9 Å². The largest absolute Gasteiger partial charge is 0.381 e. The molecule has 1 aromatic rings. The molecule has 2 aliphatic heterocycles. The topological polar surface area (TPSA) is 47.4 Å². The number of hydrogen-bond acceptors (Lipinski definition) is 3. The molecule has 1 atom stereocenters. The molecular formula is C14H20BrN3O2.